The lowest BCUT2D eigenvalue weighted by Gasteiger charge is -2.15. The summed E-state index contributed by atoms with van der Waals surface area (Å²) in [5, 5.41) is 9.47. The average Bonchev–Trinajstić information content (AvgIpc) is 3.52. The first kappa shape index (κ1) is 23.3. The number of aliphatic imine (C=N–C) groups is 1. The molecule has 0 spiro atoms. The highest BCUT2D eigenvalue weighted by molar-refractivity contribution is 7.94. The number of nitriles is 1. The number of allylic oxidation sites excluding steroid dienone is 1. The van der Waals surface area contributed by atoms with Crippen LogP contribution in [0.15, 0.2) is 51.8 Å². The van der Waals surface area contributed by atoms with Crippen LogP contribution < -0.4 is 0 Å². The van der Waals surface area contributed by atoms with Crippen LogP contribution in [0, 0.1) is 30.0 Å². The van der Waals surface area contributed by atoms with Gasteiger partial charge in [0, 0.05) is 17.5 Å². The van der Waals surface area contributed by atoms with E-state index in [0.717, 1.165) is 19.1 Å². The summed E-state index contributed by atoms with van der Waals surface area (Å²) in [5.74, 6) is -6.60. The van der Waals surface area contributed by atoms with Gasteiger partial charge in [0.15, 0.2) is 5.82 Å². The number of pyridine rings is 1. The zero-order chi connectivity index (χ0) is 23.8. The molecule has 166 valence electrons. The number of nitrogens with zero attached hydrogens (tertiary/aromatic N) is 3. The molecule has 1 aromatic carbocycles. The van der Waals surface area contributed by atoms with Gasteiger partial charge < -0.3 is 0 Å². The van der Waals surface area contributed by atoms with E-state index in [2.05, 4.69) is 9.98 Å². The zero-order valence-electron chi connectivity index (χ0n) is 17.3. The molecule has 10 heteroatoms. The molecule has 0 bridgehead atoms. The summed E-state index contributed by atoms with van der Waals surface area (Å²) in [6.07, 6.45) is 2.17. The van der Waals surface area contributed by atoms with Gasteiger partial charge in [0.1, 0.15) is 28.4 Å². The summed E-state index contributed by atoms with van der Waals surface area (Å²) in [7, 11) is -4.42. The molecule has 32 heavy (non-hydrogen) atoms. The number of halogens is 3. The molecular formula is C22H18F3N3O3S. The largest absolute Gasteiger partial charge is 0.287 e. The summed E-state index contributed by atoms with van der Waals surface area (Å²) >= 11 is 0. The molecule has 0 aliphatic carbocycles. The summed E-state index contributed by atoms with van der Waals surface area (Å²) in [6.45, 7) is 3.22. The third-order valence-corrected chi connectivity index (χ3v) is 6.54. The molecular weight excluding hydrogens is 443 g/mol. The average molecular weight is 461 g/mol. The van der Waals surface area contributed by atoms with Crippen molar-refractivity contribution < 1.29 is 26.4 Å². The fourth-order valence-electron chi connectivity index (χ4n) is 2.94. The molecule has 0 saturated heterocycles. The zero-order valence-corrected chi connectivity index (χ0v) is 18.1. The van der Waals surface area contributed by atoms with E-state index in [0.29, 0.717) is 17.9 Å². The van der Waals surface area contributed by atoms with Crippen LogP contribution in [0.25, 0.3) is 0 Å². The third-order valence-electron chi connectivity index (χ3n) is 5.10. The molecule has 6 nitrogen and oxygen atoms in total. The molecule has 0 N–H and O–H groups in total. The number of sulfone groups is 1. The predicted octanol–water partition coefficient (Wildman–Crippen LogP) is 4.36. The fraction of sp³-hybridized carbons (Fsp3) is 0.273. The van der Waals surface area contributed by atoms with Crippen molar-refractivity contribution in [1.82, 2.24) is 4.98 Å². The summed E-state index contributed by atoms with van der Waals surface area (Å²) < 4.78 is 66.9. The monoisotopic (exact) mass is 461 g/mol. The summed E-state index contributed by atoms with van der Waals surface area (Å²) in [6, 6.07) is 6.47. The lowest BCUT2D eigenvalue weighted by Crippen LogP contribution is -2.19. The van der Waals surface area contributed by atoms with Crippen molar-refractivity contribution >= 4 is 21.3 Å². The first-order valence-corrected chi connectivity index (χ1v) is 11.0. The molecule has 0 radical (unpaired) electrons. The second-order valence-corrected chi connectivity index (χ2v) is 9.32. The standard InChI is InChI=1S/C22H18F3N3O3S/c1-12-4-5-16(32(30,31)9-7-13(2)22(3,24)25)18(23)17(12)21(29)20-19(28-20)14-6-8-27-15(10-14)11-26/h4-10,13,19H,1-3H3/b9-7+/t13-,19?/m1/s1. The maximum atomic E-state index is 15.2. The van der Waals surface area contributed by atoms with E-state index < -0.39 is 49.8 Å². The molecule has 0 saturated carbocycles. The first-order chi connectivity index (χ1) is 14.9. The SMILES string of the molecule is Cc1ccc(S(=O)(=O)/C=C/[C@@H](C)C(C)(F)F)c(F)c1C(=O)C1=NC1c1ccnc(C#N)c1. The Balaban J connectivity index is 1.92. The highest BCUT2D eigenvalue weighted by atomic mass is 32.2. The molecule has 2 aromatic rings. The van der Waals surface area contributed by atoms with Crippen molar-refractivity contribution in [3.05, 3.63) is 70.1 Å². The molecule has 2 atom stereocenters. The maximum Gasteiger partial charge on any atom is 0.251 e. The number of Topliss-reactive ketones (excluding diaryl/α,β-unsaturated/α-hetero) is 1. The number of alkyl halides is 2. The molecule has 1 aromatic heterocycles. The normalized spacial score (nSPS) is 17.0. The van der Waals surface area contributed by atoms with Crippen LogP contribution >= 0.6 is 0 Å². The summed E-state index contributed by atoms with van der Waals surface area (Å²) in [4.78, 5) is 20.0. The number of hydrogen-bond donors (Lipinski definition) is 0. The number of aromatic nitrogens is 1. The Bertz CT molecular complexity index is 1310. The molecule has 1 aliphatic heterocycles. The lowest BCUT2D eigenvalue weighted by molar-refractivity contribution is -0.0141. The van der Waals surface area contributed by atoms with E-state index in [1.807, 2.05) is 6.07 Å². The number of carbonyl (C=O) groups excluding carboxylic acids is 1. The predicted molar refractivity (Wildman–Crippen MR) is 111 cm³/mol. The number of benzene rings is 1. The van der Waals surface area contributed by atoms with Crippen LogP contribution in [-0.4, -0.2) is 30.8 Å². The Labute approximate surface area is 183 Å². The van der Waals surface area contributed by atoms with E-state index in [1.54, 1.807) is 6.07 Å². The number of ketones is 1. The molecule has 1 unspecified atom stereocenters. The van der Waals surface area contributed by atoms with Gasteiger partial charge >= 0.3 is 0 Å². The number of rotatable bonds is 7. The minimum absolute atomic E-state index is 0.0198. The van der Waals surface area contributed by atoms with E-state index in [9.17, 15) is 22.0 Å². The van der Waals surface area contributed by atoms with Crippen LogP contribution in [-0.2, 0) is 9.84 Å². The van der Waals surface area contributed by atoms with Gasteiger partial charge in [0.25, 0.3) is 5.92 Å². The molecule has 3 rings (SSSR count). The van der Waals surface area contributed by atoms with Gasteiger partial charge in [-0.3, -0.25) is 9.79 Å². The van der Waals surface area contributed by atoms with E-state index in [1.165, 1.54) is 25.3 Å². The molecule has 0 amide bonds. The summed E-state index contributed by atoms with van der Waals surface area (Å²) in [5.41, 5.74) is 0.421. The van der Waals surface area contributed by atoms with Crippen molar-refractivity contribution in [2.75, 3.05) is 0 Å². The quantitative estimate of drug-likeness (QED) is 0.571. The van der Waals surface area contributed by atoms with Crippen LogP contribution in [0.4, 0.5) is 13.2 Å². The number of aryl methyl sites for hydroxylation is 1. The van der Waals surface area contributed by atoms with E-state index in [4.69, 9.17) is 5.26 Å². The highest BCUT2D eigenvalue weighted by Gasteiger charge is 2.39. The van der Waals surface area contributed by atoms with Crippen LogP contribution in [0.5, 0.6) is 0 Å². The van der Waals surface area contributed by atoms with Gasteiger partial charge in [-0.1, -0.05) is 19.1 Å². The molecule has 2 heterocycles. The topological polar surface area (TPSA) is 100 Å². The van der Waals surface area contributed by atoms with Crippen molar-refractivity contribution in [3.63, 3.8) is 0 Å². The number of carbonyl (C=O) groups is 1. The Kier molecular flexibility index (Phi) is 6.07. The second-order valence-electron chi connectivity index (χ2n) is 7.52. The molecule has 1 aliphatic rings. The van der Waals surface area contributed by atoms with Gasteiger partial charge in [-0.25, -0.2) is 26.6 Å². The molecule has 0 fully saturated rings. The first-order valence-electron chi connectivity index (χ1n) is 9.45. The Morgan fingerprint density at radius 3 is 2.62 bits per heavy atom. The van der Waals surface area contributed by atoms with Gasteiger partial charge in [-0.2, -0.15) is 5.26 Å². The van der Waals surface area contributed by atoms with Crippen molar-refractivity contribution in [1.29, 1.82) is 5.26 Å². The third kappa shape index (κ3) is 4.62. The minimum atomic E-state index is -4.42. The van der Waals surface area contributed by atoms with Crippen molar-refractivity contribution in [3.8, 4) is 6.07 Å². The van der Waals surface area contributed by atoms with E-state index in [-0.39, 0.29) is 17.0 Å². The van der Waals surface area contributed by atoms with Gasteiger partial charge in [0.2, 0.25) is 15.6 Å². The second kappa shape index (κ2) is 8.31. The lowest BCUT2D eigenvalue weighted by atomic mass is 9.99. The van der Waals surface area contributed by atoms with Crippen molar-refractivity contribution in [2.24, 2.45) is 10.9 Å². The van der Waals surface area contributed by atoms with Crippen LogP contribution in [0.2, 0.25) is 0 Å². The highest BCUT2D eigenvalue weighted by Crippen LogP contribution is 2.35. The Morgan fingerprint density at radius 1 is 1.31 bits per heavy atom. The number of hydrogen-bond acceptors (Lipinski definition) is 6. The van der Waals surface area contributed by atoms with Gasteiger partial charge in [-0.15, -0.1) is 0 Å². The van der Waals surface area contributed by atoms with E-state index >= 15 is 4.39 Å². The Hall–Kier alpha value is -3.32. The van der Waals surface area contributed by atoms with Crippen molar-refractivity contribution in [2.45, 2.75) is 37.6 Å². The fourth-order valence-corrected chi connectivity index (χ4v) is 4.14. The van der Waals surface area contributed by atoms with Crippen LogP contribution in [0.1, 0.15) is 47.1 Å². The van der Waals surface area contributed by atoms with Gasteiger partial charge in [-0.05, 0) is 43.2 Å². The Morgan fingerprint density at radius 2 is 2.00 bits per heavy atom. The van der Waals surface area contributed by atoms with Crippen LogP contribution in [0.3, 0.4) is 0 Å². The smallest absolute Gasteiger partial charge is 0.251 e. The maximum absolute atomic E-state index is 15.2. The minimum Gasteiger partial charge on any atom is -0.287 e. The van der Waals surface area contributed by atoms with Gasteiger partial charge in [0.05, 0.1) is 5.56 Å².